The van der Waals surface area contributed by atoms with Gasteiger partial charge in [0.25, 0.3) is 0 Å². The molecule has 1 aliphatic carbocycles. The standard InChI is InChI=1S/C15H21IN2O/c1-11-4-2-3-5-14(11)18-15(19)10-17-13-8-6-12(16)7-9-13/h6-9,11,14,17H,2-5,10H2,1H3,(H,18,19)/t11-,14+/m0/s1. The van der Waals surface area contributed by atoms with Crippen molar-refractivity contribution in [1.82, 2.24) is 5.32 Å². The van der Waals surface area contributed by atoms with E-state index in [-0.39, 0.29) is 5.91 Å². The maximum absolute atomic E-state index is 11.9. The molecule has 1 fully saturated rings. The third-order valence-electron chi connectivity index (χ3n) is 3.76. The second-order valence-corrected chi connectivity index (χ2v) is 6.54. The van der Waals surface area contributed by atoms with Crippen LogP contribution in [0.15, 0.2) is 24.3 Å². The van der Waals surface area contributed by atoms with Crippen molar-refractivity contribution >= 4 is 34.2 Å². The van der Waals surface area contributed by atoms with Gasteiger partial charge in [0.2, 0.25) is 5.91 Å². The lowest BCUT2D eigenvalue weighted by Crippen LogP contribution is -2.43. The lowest BCUT2D eigenvalue weighted by atomic mass is 9.86. The van der Waals surface area contributed by atoms with Crippen LogP contribution in [0.3, 0.4) is 0 Å². The Hall–Kier alpha value is -0.780. The molecule has 0 aliphatic heterocycles. The summed E-state index contributed by atoms with van der Waals surface area (Å²) in [5.41, 5.74) is 0.993. The molecule has 2 rings (SSSR count). The lowest BCUT2D eigenvalue weighted by Gasteiger charge is -2.29. The molecule has 1 aromatic carbocycles. The van der Waals surface area contributed by atoms with Crippen LogP contribution < -0.4 is 10.6 Å². The Bertz CT molecular complexity index is 419. The SMILES string of the molecule is C[C@H]1CCCC[C@H]1NC(=O)CNc1ccc(I)cc1. The van der Waals surface area contributed by atoms with Gasteiger partial charge in [0, 0.05) is 15.3 Å². The lowest BCUT2D eigenvalue weighted by molar-refractivity contribution is -0.120. The zero-order chi connectivity index (χ0) is 13.7. The van der Waals surface area contributed by atoms with Gasteiger partial charge in [0.15, 0.2) is 0 Å². The zero-order valence-electron chi connectivity index (χ0n) is 11.3. The van der Waals surface area contributed by atoms with Crippen LogP contribution in [0.5, 0.6) is 0 Å². The van der Waals surface area contributed by atoms with Crippen molar-refractivity contribution in [1.29, 1.82) is 0 Å². The minimum atomic E-state index is 0.0947. The van der Waals surface area contributed by atoms with E-state index in [2.05, 4.69) is 40.1 Å². The number of anilines is 1. The number of hydrogen-bond donors (Lipinski definition) is 2. The summed E-state index contributed by atoms with van der Waals surface area (Å²) in [5.74, 6) is 0.702. The topological polar surface area (TPSA) is 41.1 Å². The largest absolute Gasteiger partial charge is 0.376 e. The van der Waals surface area contributed by atoms with Crippen molar-refractivity contribution in [2.75, 3.05) is 11.9 Å². The molecule has 0 saturated heterocycles. The van der Waals surface area contributed by atoms with Crippen molar-refractivity contribution in [2.24, 2.45) is 5.92 Å². The smallest absolute Gasteiger partial charge is 0.239 e. The molecule has 1 amide bonds. The molecule has 104 valence electrons. The van der Waals surface area contributed by atoms with E-state index in [1.54, 1.807) is 0 Å². The molecule has 0 bridgehead atoms. The minimum absolute atomic E-state index is 0.0947. The van der Waals surface area contributed by atoms with Crippen LogP contribution in [-0.2, 0) is 4.79 Å². The number of carbonyl (C=O) groups excluding carboxylic acids is 1. The summed E-state index contributed by atoms with van der Waals surface area (Å²) in [6.07, 6.45) is 4.89. The number of carbonyl (C=O) groups is 1. The van der Waals surface area contributed by atoms with E-state index in [1.807, 2.05) is 24.3 Å². The molecule has 3 nitrogen and oxygen atoms in total. The van der Waals surface area contributed by atoms with Crippen LogP contribution in [0.25, 0.3) is 0 Å². The van der Waals surface area contributed by atoms with Gasteiger partial charge in [-0.2, -0.15) is 0 Å². The second-order valence-electron chi connectivity index (χ2n) is 5.30. The van der Waals surface area contributed by atoms with Gasteiger partial charge in [0.05, 0.1) is 6.54 Å². The molecule has 2 N–H and O–H groups in total. The predicted octanol–water partition coefficient (Wildman–Crippen LogP) is 3.40. The van der Waals surface area contributed by atoms with Gasteiger partial charge in [-0.25, -0.2) is 0 Å². The first-order valence-electron chi connectivity index (χ1n) is 6.94. The molecule has 0 unspecified atom stereocenters. The third kappa shape index (κ3) is 4.67. The average molecular weight is 372 g/mol. The Morgan fingerprint density at radius 3 is 2.63 bits per heavy atom. The van der Waals surface area contributed by atoms with E-state index in [1.165, 1.54) is 22.8 Å². The van der Waals surface area contributed by atoms with Gasteiger partial charge in [-0.1, -0.05) is 19.8 Å². The van der Waals surface area contributed by atoms with Gasteiger partial charge in [-0.3, -0.25) is 4.79 Å². The summed E-state index contributed by atoms with van der Waals surface area (Å²) < 4.78 is 1.20. The van der Waals surface area contributed by atoms with Crippen LogP contribution in [0.4, 0.5) is 5.69 Å². The van der Waals surface area contributed by atoms with Gasteiger partial charge in [-0.15, -0.1) is 0 Å². The number of nitrogens with one attached hydrogen (secondary N) is 2. The molecule has 1 aromatic rings. The summed E-state index contributed by atoms with van der Waals surface area (Å²) in [6.45, 7) is 2.58. The number of hydrogen-bond acceptors (Lipinski definition) is 2. The number of rotatable bonds is 4. The molecule has 0 heterocycles. The van der Waals surface area contributed by atoms with Crippen molar-refractivity contribution < 1.29 is 4.79 Å². The molecular weight excluding hydrogens is 351 g/mol. The Kier molecular flexibility index (Phi) is 5.48. The maximum Gasteiger partial charge on any atom is 0.239 e. The summed E-state index contributed by atoms with van der Waals surface area (Å²) in [5, 5.41) is 6.31. The molecular formula is C15H21IN2O. The van der Waals surface area contributed by atoms with Crippen LogP contribution in [0.1, 0.15) is 32.6 Å². The minimum Gasteiger partial charge on any atom is -0.376 e. The molecule has 0 radical (unpaired) electrons. The second kappa shape index (κ2) is 7.12. The highest BCUT2D eigenvalue weighted by atomic mass is 127. The highest BCUT2D eigenvalue weighted by molar-refractivity contribution is 14.1. The van der Waals surface area contributed by atoms with Gasteiger partial charge < -0.3 is 10.6 Å². The van der Waals surface area contributed by atoms with Gasteiger partial charge in [-0.05, 0) is 65.6 Å². The van der Waals surface area contributed by atoms with Crippen molar-refractivity contribution in [3.8, 4) is 0 Å². The van der Waals surface area contributed by atoms with E-state index in [4.69, 9.17) is 0 Å². The molecule has 1 saturated carbocycles. The number of amides is 1. The molecule has 19 heavy (non-hydrogen) atoms. The summed E-state index contributed by atoms with van der Waals surface area (Å²) in [7, 11) is 0. The number of halogens is 1. The molecule has 4 heteroatoms. The molecule has 0 spiro atoms. The summed E-state index contributed by atoms with van der Waals surface area (Å²) >= 11 is 2.27. The van der Waals surface area contributed by atoms with Crippen LogP contribution in [0, 0.1) is 9.49 Å². The predicted molar refractivity (Wildman–Crippen MR) is 87.2 cm³/mol. The Morgan fingerprint density at radius 1 is 1.26 bits per heavy atom. The van der Waals surface area contributed by atoms with Gasteiger partial charge >= 0.3 is 0 Å². The average Bonchev–Trinajstić information content (AvgIpc) is 2.41. The first-order valence-corrected chi connectivity index (χ1v) is 8.02. The highest BCUT2D eigenvalue weighted by Crippen LogP contribution is 2.23. The molecule has 0 aromatic heterocycles. The van der Waals surface area contributed by atoms with E-state index < -0.39 is 0 Å². The van der Waals surface area contributed by atoms with Crippen LogP contribution in [-0.4, -0.2) is 18.5 Å². The quantitative estimate of drug-likeness (QED) is 0.796. The van der Waals surface area contributed by atoms with E-state index in [0.29, 0.717) is 18.5 Å². The summed E-state index contributed by atoms with van der Waals surface area (Å²) in [6, 6.07) is 8.42. The fourth-order valence-electron chi connectivity index (χ4n) is 2.54. The Labute approximate surface area is 128 Å². The fraction of sp³-hybridized carbons (Fsp3) is 0.533. The summed E-state index contributed by atoms with van der Waals surface area (Å²) in [4.78, 5) is 11.9. The number of benzene rings is 1. The monoisotopic (exact) mass is 372 g/mol. The molecule has 2 atom stereocenters. The normalized spacial score (nSPS) is 22.8. The van der Waals surface area contributed by atoms with Gasteiger partial charge in [0.1, 0.15) is 0 Å². The van der Waals surface area contributed by atoms with Crippen molar-refractivity contribution in [3.63, 3.8) is 0 Å². The fourth-order valence-corrected chi connectivity index (χ4v) is 2.90. The molecule has 1 aliphatic rings. The van der Waals surface area contributed by atoms with E-state index in [0.717, 1.165) is 12.1 Å². The Balaban J connectivity index is 1.76. The third-order valence-corrected chi connectivity index (χ3v) is 4.47. The van der Waals surface area contributed by atoms with E-state index in [9.17, 15) is 4.79 Å². The highest BCUT2D eigenvalue weighted by Gasteiger charge is 2.22. The van der Waals surface area contributed by atoms with Crippen LogP contribution in [0.2, 0.25) is 0 Å². The van der Waals surface area contributed by atoms with Crippen LogP contribution >= 0.6 is 22.6 Å². The first kappa shape index (κ1) is 14.6. The zero-order valence-corrected chi connectivity index (χ0v) is 13.4. The van der Waals surface area contributed by atoms with Crippen molar-refractivity contribution in [2.45, 2.75) is 38.6 Å². The maximum atomic E-state index is 11.9. The van der Waals surface area contributed by atoms with Crippen molar-refractivity contribution in [3.05, 3.63) is 27.8 Å². The van der Waals surface area contributed by atoms with E-state index >= 15 is 0 Å². The Morgan fingerprint density at radius 2 is 1.95 bits per heavy atom. The first-order chi connectivity index (χ1) is 9.15.